The molecule has 0 aliphatic carbocycles. The van der Waals surface area contributed by atoms with E-state index in [1.165, 1.54) is 0 Å². The third kappa shape index (κ3) is 3.50. The average molecular weight is 397 g/mol. The summed E-state index contributed by atoms with van der Waals surface area (Å²) in [4.78, 5) is 0. The Balaban J connectivity index is 2.27. The van der Waals surface area contributed by atoms with E-state index >= 15 is 0 Å². The highest BCUT2D eigenvalue weighted by Crippen LogP contribution is 2.33. The van der Waals surface area contributed by atoms with E-state index in [1.807, 2.05) is 18.2 Å². The fourth-order valence-corrected chi connectivity index (χ4v) is 3.31. The van der Waals surface area contributed by atoms with Crippen molar-refractivity contribution in [3.8, 4) is 10.6 Å². The second-order valence-electron chi connectivity index (χ2n) is 3.42. The molecule has 0 N–H and O–H groups in total. The fraction of sp³-hybridized carbons (Fsp3) is 0.273. The average Bonchev–Trinajstić information content (AvgIpc) is 2.78. The highest BCUT2D eigenvalue weighted by atomic mass is 79.9. The lowest BCUT2D eigenvalue weighted by Crippen LogP contribution is -1.84. The number of aromatic nitrogens is 2. The van der Waals surface area contributed by atoms with Gasteiger partial charge >= 0.3 is 0 Å². The smallest absolute Gasteiger partial charge is 0.143 e. The van der Waals surface area contributed by atoms with Crippen molar-refractivity contribution in [1.29, 1.82) is 0 Å². The zero-order valence-corrected chi connectivity index (χ0v) is 13.5. The quantitative estimate of drug-likeness (QED) is 0.687. The summed E-state index contributed by atoms with van der Waals surface area (Å²) >= 11 is 14.3. The summed E-state index contributed by atoms with van der Waals surface area (Å²) in [5.41, 5.74) is 1.06. The van der Waals surface area contributed by atoms with E-state index in [9.17, 15) is 0 Å². The minimum absolute atomic E-state index is 0.662. The number of alkyl halides is 1. The Morgan fingerprint density at radius 3 is 2.82 bits per heavy atom. The molecule has 1 heterocycles. The van der Waals surface area contributed by atoms with Gasteiger partial charge in [-0.1, -0.05) is 43.2 Å². The molecule has 0 amide bonds. The molecule has 90 valence electrons. The van der Waals surface area contributed by atoms with E-state index in [2.05, 4.69) is 42.1 Å². The Labute approximate surface area is 126 Å². The normalized spacial score (nSPS) is 10.8. The summed E-state index contributed by atoms with van der Waals surface area (Å²) in [5, 5.41) is 10.4. The molecule has 0 fully saturated rings. The maximum atomic E-state index is 5.66. The van der Waals surface area contributed by atoms with Crippen molar-refractivity contribution in [3.63, 3.8) is 0 Å². The molecule has 2 rings (SSSR count). The predicted octanol–water partition coefficient (Wildman–Crippen LogP) is 4.90. The van der Waals surface area contributed by atoms with Crippen LogP contribution < -0.4 is 0 Å². The molecule has 0 atom stereocenters. The van der Waals surface area contributed by atoms with Gasteiger partial charge in [-0.05, 0) is 24.6 Å². The van der Waals surface area contributed by atoms with Crippen molar-refractivity contribution in [2.75, 3.05) is 5.88 Å². The van der Waals surface area contributed by atoms with Crippen LogP contribution in [0.1, 0.15) is 11.4 Å². The van der Waals surface area contributed by atoms with Crippen molar-refractivity contribution < 1.29 is 0 Å². The second-order valence-corrected chi connectivity index (χ2v) is 6.63. The molecule has 0 unspecified atom stereocenters. The molecule has 6 heteroatoms. The predicted molar refractivity (Wildman–Crippen MR) is 79.8 cm³/mol. The summed E-state index contributed by atoms with van der Waals surface area (Å²) < 4.78 is 2.06. The van der Waals surface area contributed by atoms with Crippen LogP contribution in [0, 0.1) is 0 Å². The molecule has 0 saturated carbocycles. The van der Waals surface area contributed by atoms with Crippen LogP contribution in [-0.2, 0) is 6.42 Å². The molecule has 2 aromatic rings. The van der Waals surface area contributed by atoms with Gasteiger partial charge in [-0.3, -0.25) is 0 Å². The van der Waals surface area contributed by atoms with Crippen LogP contribution in [0.25, 0.3) is 10.6 Å². The van der Waals surface area contributed by atoms with Crippen LogP contribution in [-0.4, -0.2) is 16.1 Å². The summed E-state index contributed by atoms with van der Waals surface area (Å²) in [5.74, 6) is 0.662. The molecule has 1 aromatic carbocycles. The van der Waals surface area contributed by atoms with Gasteiger partial charge < -0.3 is 0 Å². The molecular weight excluding hydrogens is 387 g/mol. The Morgan fingerprint density at radius 1 is 1.24 bits per heavy atom. The van der Waals surface area contributed by atoms with Crippen LogP contribution in [0.5, 0.6) is 0 Å². The van der Waals surface area contributed by atoms with Gasteiger partial charge in [0.1, 0.15) is 10.0 Å². The Morgan fingerprint density at radius 2 is 2.06 bits per heavy atom. The van der Waals surface area contributed by atoms with Gasteiger partial charge in [0.25, 0.3) is 0 Å². The Kier molecular flexibility index (Phi) is 4.97. The van der Waals surface area contributed by atoms with E-state index in [0.29, 0.717) is 5.88 Å². The van der Waals surface area contributed by atoms with Gasteiger partial charge in [0, 0.05) is 26.8 Å². The van der Waals surface area contributed by atoms with E-state index in [1.54, 1.807) is 11.3 Å². The zero-order chi connectivity index (χ0) is 12.3. The summed E-state index contributed by atoms with van der Waals surface area (Å²) in [7, 11) is 0. The van der Waals surface area contributed by atoms with Gasteiger partial charge in [-0.15, -0.1) is 21.8 Å². The van der Waals surface area contributed by atoms with Crippen molar-refractivity contribution in [3.05, 3.63) is 32.2 Å². The third-order valence-corrected chi connectivity index (χ3v) is 4.62. The van der Waals surface area contributed by atoms with E-state index < -0.39 is 0 Å². The molecular formula is C11H9Br2ClN2S. The minimum Gasteiger partial charge on any atom is -0.143 e. The lowest BCUT2D eigenvalue weighted by molar-refractivity contribution is 0.884. The first-order chi connectivity index (χ1) is 8.20. The largest absolute Gasteiger partial charge is 0.148 e. The maximum absolute atomic E-state index is 5.66. The lowest BCUT2D eigenvalue weighted by atomic mass is 10.2. The first kappa shape index (κ1) is 13.5. The van der Waals surface area contributed by atoms with Gasteiger partial charge in [-0.2, -0.15) is 0 Å². The molecule has 0 aliphatic rings. The molecule has 0 saturated heterocycles. The van der Waals surface area contributed by atoms with E-state index in [4.69, 9.17) is 11.6 Å². The SMILES string of the molecule is ClCCCc1nnc(-c2cc(Br)ccc2Br)s1. The highest BCUT2D eigenvalue weighted by Gasteiger charge is 2.10. The maximum Gasteiger partial charge on any atom is 0.148 e. The van der Waals surface area contributed by atoms with Crippen LogP contribution >= 0.6 is 54.8 Å². The van der Waals surface area contributed by atoms with Crippen molar-refractivity contribution in [2.45, 2.75) is 12.8 Å². The standard InChI is InChI=1S/C11H9Br2ClN2S/c12-7-3-4-9(13)8(6-7)11-16-15-10(17-11)2-1-5-14/h3-4,6H,1-2,5H2. The minimum atomic E-state index is 0.662. The van der Waals surface area contributed by atoms with Crippen LogP contribution in [0.4, 0.5) is 0 Å². The van der Waals surface area contributed by atoms with Crippen LogP contribution in [0.2, 0.25) is 0 Å². The highest BCUT2D eigenvalue weighted by molar-refractivity contribution is 9.11. The van der Waals surface area contributed by atoms with Crippen molar-refractivity contribution in [1.82, 2.24) is 10.2 Å². The molecule has 0 spiro atoms. The Bertz CT molecular complexity index is 516. The summed E-state index contributed by atoms with van der Waals surface area (Å²) in [6.45, 7) is 0. The zero-order valence-electron chi connectivity index (χ0n) is 8.79. The number of benzene rings is 1. The first-order valence-corrected chi connectivity index (χ1v) is 7.98. The third-order valence-electron chi connectivity index (χ3n) is 2.15. The monoisotopic (exact) mass is 394 g/mol. The number of nitrogens with zero attached hydrogens (tertiary/aromatic N) is 2. The Hall–Kier alpha value is 0.0300. The molecule has 0 bridgehead atoms. The van der Waals surface area contributed by atoms with E-state index in [-0.39, 0.29) is 0 Å². The lowest BCUT2D eigenvalue weighted by Gasteiger charge is -2.00. The topological polar surface area (TPSA) is 25.8 Å². The van der Waals surface area contributed by atoms with Crippen LogP contribution in [0.15, 0.2) is 27.1 Å². The van der Waals surface area contributed by atoms with Gasteiger partial charge in [0.15, 0.2) is 0 Å². The van der Waals surface area contributed by atoms with Gasteiger partial charge in [0.05, 0.1) is 0 Å². The number of hydrogen-bond donors (Lipinski definition) is 0. The summed E-state index contributed by atoms with van der Waals surface area (Å²) in [6, 6.07) is 6.03. The number of halogens is 3. The molecule has 0 aliphatic heterocycles. The number of rotatable bonds is 4. The molecule has 0 radical (unpaired) electrons. The first-order valence-electron chi connectivity index (χ1n) is 5.04. The van der Waals surface area contributed by atoms with Crippen LogP contribution in [0.3, 0.4) is 0 Å². The van der Waals surface area contributed by atoms with Crippen molar-refractivity contribution in [2.24, 2.45) is 0 Å². The van der Waals surface area contributed by atoms with Crippen molar-refractivity contribution >= 4 is 54.8 Å². The molecule has 1 aromatic heterocycles. The van der Waals surface area contributed by atoms with Gasteiger partial charge in [-0.25, -0.2) is 0 Å². The van der Waals surface area contributed by atoms with E-state index in [0.717, 1.165) is 37.4 Å². The summed E-state index contributed by atoms with van der Waals surface area (Å²) in [6.07, 6.45) is 1.84. The fourth-order valence-electron chi connectivity index (χ4n) is 1.34. The molecule has 17 heavy (non-hydrogen) atoms. The van der Waals surface area contributed by atoms with Gasteiger partial charge in [0.2, 0.25) is 0 Å². The second kappa shape index (κ2) is 6.27. The molecule has 2 nitrogen and oxygen atoms in total. The number of aryl methyl sites for hydroxylation is 1. The number of hydrogen-bond acceptors (Lipinski definition) is 3.